The molecule has 0 aliphatic heterocycles. The quantitative estimate of drug-likeness (QED) is 0.851. The molecule has 0 bridgehead atoms. The molecule has 0 unspecified atom stereocenters. The second-order valence-electron chi connectivity index (χ2n) is 3.98. The third kappa shape index (κ3) is 4.00. The van der Waals surface area contributed by atoms with E-state index in [-0.39, 0.29) is 0 Å². The molecule has 5 nitrogen and oxygen atoms in total. The fourth-order valence-electron chi connectivity index (χ4n) is 1.57. The Labute approximate surface area is 127 Å². The van der Waals surface area contributed by atoms with Gasteiger partial charge >= 0.3 is 0 Å². The smallest absolute Gasteiger partial charge is 0.241 e. The van der Waals surface area contributed by atoms with Crippen LogP contribution in [-0.4, -0.2) is 27.0 Å². The van der Waals surface area contributed by atoms with Crippen LogP contribution in [0.5, 0.6) is 0 Å². The van der Waals surface area contributed by atoms with Gasteiger partial charge in [-0.05, 0) is 6.07 Å². The van der Waals surface area contributed by atoms with Gasteiger partial charge in [0.25, 0.3) is 10.2 Å². The second kappa shape index (κ2) is 6.64. The molecule has 0 radical (unpaired) electrons. The van der Waals surface area contributed by atoms with E-state index in [0.717, 1.165) is 16.3 Å². The first-order chi connectivity index (χ1) is 9.52. The summed E-state index contributed by atoms with van der Waals surface area (Å²) in [6.07, 6.45) is 0.530. The summed E-state index contributed by atoms with van der Waals surface area (Å²) >= 11 is 7.61. The lowest BCUT2D eigenvalue weighted by molar-refractivity contribution is 0.573. The molecule has 1 aromatic heterocycles. The van der Waals surface area contributed by atoms with E-state index in [2.05, 4.69) is 14.4 Å². The van der Waals surface area contributed by atoms with Crippen molar-refractivity contribution in [3.63, 3.8) is 0 Å². The molecule has 108 valence electrons. The lowest BCUT2D eigenvalue weighted by atomic mass is 10.2. The van der Waals surface area contributed by atoms with Crippen LogP contribution < -0.4 is 9.44 Å². The van der Waals surface area contributed by atoms with Gasteiger partial charge in [0, 0.05) is 31.0 Å². The monoisotopic (exact) mass is 331 g/mol. The minimum Gasteiger partial charge on any atom is -0.241 e. The van der Waals surface area contributed by atoms with Crippen LogP contribution in [0.25, 0.3) is 10.6 Å². The molecule has 0 fully saturated rings. The highest BCUT2D eigenvalue weighted by Crippen LogP contribution is 2.30. The Hall–Kier alpha value is -0.990. The molecule has 0 saturated carbocycles. The van der Waals surface area contributed by atoms with Crippen molar-refractivity contribution in [1.82, 2.24) is 14.4 Å². The van der Waals surface area contributed by atoms with E-state index < -0.39 is 10.2 Å². The van der Waals surface area contributed by atoms with Crippen molar-refractivity contribution >= 4 is 33.1 Å². The van der Waals surface area contributed by atoms with E-state index in [0.29, 0.717) is 18.0 Å². The summed E-state index contributed by atoms with van der Waals surface area (Å²) in [5.74, 6) is 0. The SMILES string of the molecule is CNS(=O)(=O)NCCc1csc(-c2ccccc2Cl)n1. The van der Waals surface area contributed by atoms with E-state index in [1.807, 2.05) is 29.6 Å². The lowest BCUT2D eigenvalue weighted by Crippen LogP contribution is -2.35. The van der Waals surface area contributed by atoms with Gasteiger partial charge in [0.15, 0.2) is 0 Å². The normalized spacial score (nSPS) is 11.7. The number of rotatable bonds is 6. The molecule has 0 aliphatic rings. The predicted molar refractivity (Wildman–Crippen MR) is 82.2 cm³/mol. The molecule has 0 saturated heterocycles. The molecule has 0 amide bonds. The van der Waals surface area contributed by atoms with Gasteiger partial charge < -0.3 is 0 Å². The summed E-state index contributed by atoms with van der Waals surface area (Å²) in [7, 11) is -2.03. The van der Waals surface area contributed by atoms with Crippen LogP contribution >= 0.6 is 22.9 Å². The van der Waals surface area contributed by atoms with E-state index in [1.165, 1.54) is 18.4 Å². The van der Waals surface area contributed by atoms with Crippen molar-refractivity contribution in [2.45, 2.75) is 6.42 Å². The fourth-order valence-corrected chi connectivity index (χ4v) is 3.26. The zero-order chi connectivity index (χ0) is 14.6. The minimum atomic E-state index is -3.39. The minimum absolute atomic E-state index is 0.300. The molecule has 1 heterocycles. The van der Waals surface area contributed by atoms with Crippen molar-refractivity contribution in [2.24, 2.45) is 0 Å². The van der Waals surface area contributed by atoms with Crippen molar-refractivity contribution in [2.75, 3.05) is 13.6 Å². The van der Waals surface area contributed by atoms with Gasteiger partial charge in [0.1, 0.15) is 5.01 Å². The molecule has 0 spiro atoms. The van der Waals surface area contributed by atoms with Crippen LogP contribution in [0, 0.1) is 0 Å². The van der Waals surface area contributed by atoms with Crippen molar-refractivity contribution in [3.05, 3.63) is 40.4 Å². The average Bonchev–Trinajstić information content (AvgIpc) is 2.88. The van der Waals surface area contributed by atoms with Crippen LogP contribution in [0.15, 0.2) is 29.6 Å². The molecule has 0 atom stereocenters. The van der Waals surface area contributed by atoms with Gasteiger partial charge in [-0.15, -0.1) is 11.3 Å². The zero-order valence-corrected chi connectivity index (χ0v) is 13.1. The summed E-state index contributed by atoms with van der Waals surface area (Å²) in [5.41, 5.74) is 1.73. The van der Waals surface area contributed by atoms with E-state index in [1.54, 1.807) is 0 Å². The molecule has 20 heavy (non-hydrogen) atoms. The molecule has 2 N–H and O–H groups in total. The first-order valence-corrected chi connectivity index (χ1v) is 8.63. The molecule has 2 aromatic rings. The van der Waals surface area contributed by atoms with Crippen LogP contribution in [0.2, 0.25) is 5.02 Å². The Morgan fingerprint density at radius 1 is 1.35 bits per heavy atom. The van der Waals surface area contributed by atoms with Gasteiger partial charge in [0.05, 0.1) is 10.7 Å². The Morgan fingerprint density at radius 2 is 2.10 bits per heavy atom. The Bertz CT molecular complexity index is 686. The first-order valence-electron chi connectivity index (χ1n) is 5.89. The lowest BCUT2D eigenvalue weighted by Gasteiger charge is -2.03. The third-order valence-electron chi connectivity index (χ3n) is 2.60. The number of hydrogen-bond donors (Lipinski definition) is 2. The van der Waals surface area contributed by atoms with Crippen LogP contribution in [0.1, 0.15) is 5.69 Å². The van der Waals surface area contributed by atoms with Gasteiger partial charge in [0.2, 0.25) is 0 Å². The number of nitrogens with zero attached hydrogens (tertiary/aromatic N) is 1. The highest BCUT2D eigenvalue weighted by Gasteiger charge is 2.09. The van der Waals surface area contributed by atoms with E-state index in [9.17, 15) is 8.42 Å². The maximum atomic E-state index is 11.2. The summed E-state index contributed by atoms with van der Waals surface area (Å²) in [5, 5.41) is 3.40. The van der Waals surface area contributed by atoms with E-state index in [4.69, 9.17) is 11.6 Å². The van der Waals surface area contributed by atoms with Crippen molar-refractivity contribution in [3.8, 4) is 10.6 Å². The highest BCUT2D eigenvalue weighted by molar-refractivity contribution is 7.87. The van der Waals surface area contributed by atoms with Gasteiger partial charge in [-0.25, -0.2) is 14.4 Å². The fraction of sp³-hybridized carbons (Fsp3) is 0.250. The maximum Gasteiger partial charge on any atom is 0.276 e. The van der Waals surface area contributed by atoms with Crippen LogP contribution in [0.4, 0.5) is 0 Å². The number of halogens is 1. The molecule has 0 aliphatic carbocycles. The average molecular weight is 332 g/mol. The van der Waals surface area contributed by atoms with Gasteiger partial charge in [-0.3, -0.25) is 0 Å². The highest BCUT2D eigenvalue weighted by atomic mass is 35.5. The first kappa shape index (κ1) is 15.4. The molecular formula is C12H14ClN3O2S2. The Kier molecular flexibility index (Phi) is 5.11. The Morgan fingerprint density at radius 3 is 2.80 bits per heavy atom. The number of aromatic nitrogens is 1. The third-order valence-corrected chi connectivity index (χ3v) is 4.97. The van der Waals surface area contributed by atoms with E-state index >= 15 is 0 Å². The molecule has 1 aromatic carbocycles. The van der Waals surface area contributed by atoms with Gasteiger partial charge in [-0.2, -0.15) is 8.42 Å². The zero-order valence-electron chi connectivity index (χ0n) is 10.8. The summed E-state index contributed by atoms with van der Waals surface area (Å²) in [4.78, 5) is 4.47. The largest absolute Gasteiger partial charge is 0.276 e. The molecular weight excluding hydrogens is 318 g/mol. The number of nitrogens with one attached hydrogen (secondary N) is 2. The van der Waals surface area contributed by atoms with Gasteiger partial charge in [-0.1, -0.05) is 29.8 Å². The predicted octanol–water partition coefficient (Wildman–Crippen LogP) is 2.06. The summed E-state index contributed by atoms with van der Waals surface area (Å²) < 4.78 is 27.0. The second-order valence-corrected chi connectivity index (χ2v) is 6.94. The summed E-state index contributed by atoms with van der Waals surface area (Å²) in [6.45, 7) is 0.300. The number of thiazole rings is 1. The number of hydrogen-bond acceptors (Lipinski definition) is 4. The standard InChI is InChI=1S/C12H14ClN3O2S2/c1-14-20(17,18)15-7-6-9-8-19-12(16-9)10-4-2-3-5-11(10)13/h2-5,8,14-15H,6-7H2,1H3. The van der Waals surface area contributed by atoms with Crippen LogP contribution in [-0.2, 0) is 16.6 Å². The summed E-state index contributed by atoms with van der Waals surface area (Å²) in [6, 6.07) is 7.50. The van der Waals surface area contributed by atoms with Crippen molar-refractivity contribution < 1.29 is 8.42 Å². The maximum absolute atomic E-state index is 11.2. The Balaban J connectivity index is 2.02. The van der Waals surface area contributed by atoms with Crippen LogP contribution in [0.3, 0.4) is 0 Å². The molecule has 8 heteroatoms. The topological polar surface area (TPSA) is 71.1 Å². The van der Waals surface area contributed by atoms with Crippen molar-refractivity contribution in [1.29, 1.82) is 0 Å². The number of benzene rings is 1. The molecule has 2 rings (SSSR count).